The molecule has 0 fully saturated rings. The van der Waals surface area contributed by atoms with Crippen molar-refractivity contribution in [1.29, 1.82) is 0 Å². The second-order valence-electron chi connectivity index (χ2n) is 4.22. The van der Waals surface area contributed by atoms with Gasteiger partial charge in [-0.2, -0.15) is 0 Å². The Morgan fingerprint density at radius 3 is 2.94 bits per heavy atom. The summed E-state index contributed by atoms with van der Waals surface area (Å²) in [7, 11) is 0. The lowest BCUT2D eigenvalue weighted by Crippen LogP contribution is -1.93. The van der Waals surface area contributed by atoms with E-state index >= 15 is 0 Å². The molecule has 0 saturated heterocycles. The first-order chi connectivity index (χ1) is 8.92. The fourth-order valence-corrected chi connectivity index (χ4v) is 2.23. The van der Waals surface area contributed by atoms with Gasteiger partial charge in [0.25, 0.3) is 0 Å². The zero-order valence-electron chi connectivity index (χ0n) is 9.58. The van der Waals surface area contributed by atoms with E-state index in [1.807, 2.05) is 53.2 Å². The molecule has 0 atom stereocenters. The summed E-state index contributed by atoms with van der Waals surface area (Å²) in [6, 6.07) is 16.0. The third kappa shape index (κ3) is 1.27. The smallest absolute Gasteiger partial charge is 0.205 e. The van der Waals surface area contributed by atoms with E-state index in [2.05, 4.69) is 11.1 Å². The minimum Gasteiger partial charge on any atom is -0.440 e. The molecule has 0 bridgehead atoms. The average molecular weight is 234 g/mol. The van der Waals surface area contributed by atoms with Gasteiger partial charge in [-0.15, -0.1) is 0 Å². The van der Waals surface area contributed by atoms with Crippen molar-refractivity contribution in [2.75, 3.05) is 0 Å². The first-order valence-corrected chi connectivity index (χ1v) is 5.83. The summed E-state index contributed by atoms with van der Waals surface area (Å²) in [5.74, 6) is 1.67. The standard InChI is InChI=1S/C15H10N2O/c1-3-11-6-7-14(18-13(11)5-1)17-10-8-12-4-2-9-16-15(12)17/h1-10H. The molecule has 3 nitrogen and oxygen atoms in total. The topological polar surface area (TPSA) is 31.0 Å². The molecule has 0 unspecified atom stereocenters. The maximum atomic E-state index is 5.88. The molecule has 86 valence electrons. The Hall–Kier alpha value is -2.55. The van der Waals surface area contributed by atoms with E-state index in [0.717, 1.165) is 28.2 Å². The first kappa shape index (κ1) is 9.48. The predicted molar refractivity (Wildman–Crippen MR) is 70.0 cm³/mol. The molecule has 0 spiro atoms. The molecule has 1 aliphatic heterocycles. The zero-order chi connectivity index (χ0) is 11.9. The van der Waals surface area contributed by atoms with Gasteiger partial charge in [-0.1, -0.05) is 12.1 Å². The van der Waals surface area contributed by atoms with Crippen molar-refractivity contribution in [3.63, 3.8) is 0 Å². The lowest BCUT2D eigenvalue weighted by Gasteiger charge is -2.06. The molecular weight excluding hydrogens is 224 g/mol. The lowest BCUT2D eigenvalue weighted by molar-refractivity contribution is 0.541. The maximum absolute atomic E-state index is 5.88. The molecule has 2 aromatic rings. The molecule has 2 aliphatic rings. The highest BCUT2D eigenvalue weighted by Crippen LogP contribution is 2.27. The van der Waals surface area contributed by atoms with Gasteiger partial charge in [0.05, 0.1) is 0 Å². The Balaban J connectivity index is 1.99. The van der Waals surface area contributed by atoms with Crippen LogP contribution in [0.3, 0.4) is 0 Å². The highest BCUT2D eigenvalue weighted by Gasteiger charge is 2.09. The number of nitrogens with zero attached hydrogens (tertiary/aromatic N) is 2. The van der Waals surface area contributed by atoms with Crippen molar-refractivity contribution in [2.24, 2.45) is 0 Å². The first-order valence-electron chi connectivity index (χ1n) is 5.83. The van der Waals surface area contributed by atoms with Gasteiger partial charge in [0, 0.05) is 29.4 Å². The molecule has 0 saturated carbocycles. The van der Waals surface area contributed by atoms with Gasteiger partial charge < -0.3 is 4.42 Å². The Labute approximate surface area is 104 Å². The summed E-state index contributed by atoms with van der Waals surface area (Å²) < 4.78 is 7.84. The van der Waals surface area contributed by atoms with Gasteiger partial charge in [-0.3, -0.25) is 4.57 Å². The van der Waals surface area contributed by atoms with Crippen molar-refractivity contribution in [1.82, 2.24) is 9.55 Å². The Morgan fingerprint density at radius 1 is 0.944 bits per heavy atom. The number of pyridine rings is 1. The molecule has 3 heterocycles. The number of hydrogen-bond acceptors (Lipinski definition) is 2. The number of aromatic nitrogens is 2. The molecular formula is C15H10N2O. The van der Waals surface area contributed by atoms with E-state index in [-0.39, 0.29) is 0 Å². The van der Waals surface area contributed by atoms with Crippen LogP contribution in [0.15, 0.2) is 65.3 Å². The lowest BCUT2D eigenvalue weighted by atomic mass is 10.2. The minimum atomic E-state index is 0.780. The van der Waals surface area contributed by atoms with Crippen LogP contribution in [0, 0.1) is 0 Å². The molecule has 0 N–H and O–H groups in total. The fourth-order valence-electron chi connectivity index (χ4n) is 2.23. The summed E-state index contributed by atoms with van der Waals surface area (Å²) in [6.07, 6.45) is 3.77. The van der Waals surface area contributed by atoms with Crippen molar-refractivity contribution in [3.05, 3.63) is 60.9 Å². The van der Waals surface area contributed by atoms with Crippen LogP contribution in [0.4, 0.5) is 0 Å². The van der Waals surface area contributed by atoms with Crippen LogP contribution in [-0.2, 0) is 0 Å². The summed E-state index contributed by atoms with van der Waals surface area (Å²) >= 11 is 0. The quantitative estimate of drug-likeness (QED) is 0.502. The van der Waals surface area contributed by atoms with Crippen molar-refractivity contribution in [3.8, 4) is 17.2 Å². The van der Waals surface area contributed by atoms with Crippen LogP contribution in [0.1, 0.15) is 0 Å². The van der Waals surface area contributed by atoms with Gasteiger partial charge in [0.1, 0.15) is 11.4 Å². The predicted octanol–water partition coefficient (Wildman–Crippen LogP) is 3.72. The zero-order valence-corrected chi connectivity index (χ0v) is 9.58. The van der Waals surface area contributed by atoms with Crippen LogP contribution in [-0.4, -0.2) is 9.55 Å². The normalized spacial score (nSPS) is 11.3. The fraction of sp³-hybridized carbons (Fsp3) is 0. The summed E-state index contributed by atoms with van der Waals surface area (Å²) in [5.41, 5.74) is 2.02. The van der Waals surface area contributed by atoms with E-state index in [1.165, 1.54) is 0 Å². The van der Waals surface area contributed by atoms with Gasteiger partial charge >= 0.3 is 0 Å². The second-order valence-corrected chi connectivity index (χ2v) is 4.22. The molecule has 0 amide bonds. The maximum Gasteiger partial charge on any atom is 0.205 e. The van der Waals surface area contributed by atoms with Crippen molar-refractivity contribution < 1.29 is 4.42 Å². The summed E-state index contributed by atoms with van der Waals surface area (Å²) in [6.45, 7) is 0. The van der Waals surface area contributed by atoms with Crippen molar-refractivity contribution in [2.45, 2.75) is 0 Å². The summed E-state index contributed by atoms with van der Waals surface area (Å²) in [5, 5.41) is 1.11. The van der Waals surface area contributed by atoms with Crippen molar-refractivity contribution >= 4 is 11.0 Å². The molecule has 18 heavy (non-hydrogen) atoms. The summed E-state index contributed by atoms with van der Waals surface area (Å²) in [4.78, 5) is 4.39. The molecule has 0 radical (unpaired) electrons. The van der Waals surface area contributed by atoms with Crippen LogP contribution in [0.25, 0.3) is 28.2 Å². The third-order valence-corrected chi connectivity index (χ3v) is 3.11. The van der Waals surface area contributed by atoms with E-state index in [4.69, 9.17) is 4.42 Å². The van der Waals surface area contributed by atoms with Crippen LogP contribution >= 0.6 is 0 Å². The molecule has 2 aromatic heterocycles. The highest BCUT2D eigenvalue weighted by molar-refractivity contribution is 5.77. The second kappa shape index (κ2) is 3.47. The van der Waals surface area contributed by atoms with E-state index < -0.39 is 0 Å². The monoisotopic (exact) mass is 234 g/mol. The largest absolute Gasteiger partial charge is 0.440 e. The van der Waals surface area contributed by atoms with Crippen LogP contribution < -0.4 is 0 Å². The van der Waals surface area contributed by atoms with Gasteiger partial charge in [-0.25, -0.2) is 4.98 Å². The Kier molecular flexibility index (Phi) is 1.83. The Morgan fingerprint density at radius 2 is 1.94 bits per heavy atom. The number of rotatable bonds is 1. The van der Waals surface area contributed by atoms with E-state index in [1.54, 1.807) is 6.20 Å². The van der Waals surface area contributed by atoms with E-state index in [9.17, 15) is 0 Å². The van der Waals surface area contributed by atoms with Gasteiger partial charge in [-0.05, 0) is 30.3 Å². The van der Waals surface area contributed by atoms with Gasteiger partial charge in [0.15, 0.2) is 0 Å². The number of hydrogen-bond donors (Lipinski definition) is 0. The van der Waals surface area contributed by atoms with Crippen LogP contribution in [0.5, 0.6) is 0 Å². The molecule has 1 aliphatic carbocycles. The molecule has 4 rings (SSSR count). The number of fused-ring (bicyclic) bond motifs is 2. The SMILES string of the molecule is c1cc2ccc(-n3ccc4cccnc43)oc-2c1. The van der Waals surface area contributed by atoms with Crippen LogP contribution in [0.2, 0.25) is 0 Å². The molecule has 3 heteroatoms. The van der Waals surface area contributed by atoms with E-state index in [0.29, 0.717) is 0 Å². The highest BCUT2D eigenvalue weighted by atomic mass is 16.4. The van der Waals surface area contributed by atoms with Gasteiger partial charge in [0.2, 0.25) is 5.88 Å². The molecule has 0 aromatic carbocycles. The Bertz CT molecular complexity index is 797. The third-order valence-electron chi connectivity index (χ3n) is 3.11. The minimum absolute atomic E-state index is 0.780. The average Bonchev–Trinajstić information content (AvgIpc) is 3.04.